The fourth-order valence-electron chi connectivity index (χ4n) is 1.11. The summed E-state index contributed by atoms with van der Waals surface area (Å²) >= 11 is 0. The molecule has 3 heteroatoms. The van der Waals surface area contributed by atoms with Crippen LogP contribution in [0.15, 0.2) is 22.8 Å². The third-order valence-corrected chi connectivity index (χ3v) is 1.86. The van der Waals surface area contributed by atoms with Crippen LogP contribution in [0.25, 0.3) is 0 Å². The molecule has 0 spiro atoms. The smallest absolute Gasteiger partial charge is 0.120 e. The van der Waals surface area contributed by atoms with E-state index in [4.69, 9.17) is 10.2 Å². The van der Waals surface area contributed by atoms with Crippen molar-refractivity contribution in [3.8, 4) is 0 Å². The average Bonchev–Trinajstić information content (AvgIpc) is 2.56. The van der Waals surface area contributed by atoms with Crippen LogP contribution < -0.4 is 11.1 Å². The zero-order valence-electron chi connectivity index (χ0n) is 7.58. The molecule has 1 unspecified atom stereocenters. The lowest BCUT2D eigenvalue weighted by molar-refractivity contribution is 0.401. The van der Waals surface area contributed by atoms with Gasteiger partial charge in [-0.3, -0.25) is 0 Å². The zero-order chi connectivity index (χ0) is 8.97. The summed E-state index contributed by atoms with van der Waals surface area (Å²) < 4.78 is 5.24. The lowest BCUT2D eigenvalue weighted by Crippen LogP contribution is -2.34. The molecule has 0 bridgehead atoms. The van der Waals surface area contributed by atoms with Crippen molar-refractivity contribution in [2.75, 3.05) is 6.54 Å². The summed E-state index contributed by atoms with van der Waals surface area (Å²) in [5.74, 6) is 0.954. The zero-order valence-corrected chi connectivity index (χ0v) is 7.58. The third-order valence-electron chi connectivity index (χ3n) is 1.86. The first kappa shape index (κ1) is 9.29. The fourth-order valence-corrected chi connectivity index (χ4v) is 1.11. The van der Waals surface area contributed by atoms with Crippen LogP contribution in [-0.2, 0) is 0 Å². The van der Waals surface area contributed by atoms with Crippen LogP contribution in [0.1, 0.15) is 25.6 Å². The summed E-state index contributed by atoms with van der Waals surface area (Å²) in [5, 5.41) is 3.31. The van der Waals surface area contributed by atoms with Gasteiger partial charge in [0.25, 0.3) is 0 Å². The van der Waals surface area contributed by atoms with Crippen LogP contribution >= 0.6 is 0 Å². The van der Waals surface area contributed by atoms with Crippen LogP contribution in [0.5, 0.6) is 0 Å². The Hall–Kier alpha value is -0.800. The van der Waals surface area contributed by atoms with E-state index in [1.54, 1.807) is 6.26 Å². The Labute approximate surface area is 72.9 Å². The van der Waals surface area contributed by atoms with Crippen LogP contribution in [0.2, 0.25) is 0 Å². The van der Waals surface area contributed by atoms with Gasteiger partial charge in [-0.05, 0) is 26.0 Å². The standard InChI is InChI=1S/C9H16N2O/c1-7(6-10)11-8(2)9-4-3-5-12-9/h3-5,7-8,11H,6,10H2,1-2H3/t7?,8-/m0/s1. The minimum Gasteiger partial charge on any atom is -0.468 e. The summed E-state index contributed by atoms with van der Waals surface area (Å²) in [6, 6.07) is 4.41. The molecule has 1 rings (SSSR count). The Morgan fingerprint density at radius 3 is 2.83 bits per heavy atom. The van der Waals surface area contributed by atoms with Gasteiger partial charge in [0, 0.05) is 12.6 Å². The largest absolute Gasteiger partial charge is 0.468 e. The number of nitrogens with one attached hydrogen (secondary N) is 1. The molecule has 0 saturated carbocycles. The van der Waals surface area contributed by atoms with Crippen molar-refractivity contribution in [1.82, 2.24) is 5.32 Å². The Morgan fingerprint density at radius 2 is 2.33 bits per heavy atom. The maximum absolute atomic E-state index is 5.48. The highest BCUT2D eigenvalue weighted by Gasteiger charge is 2.09. The van der Waals surface area contributed by atoms with Gasteiger partial charge < -0.3 is 15.5 Å². The van der Waals surface area contributed by atoms with E-state index < -0.39 is 0 Å². The molecule has 12 heavy (non-hydrogen) atoms. The molecule has 0 aromatic carbocycles. The van der Waals surface area contributed by atoms with E-state index in [-0.39, 0.29) is 6.04 Å². The Balaban J connectivity index is 2.44. The van der Waals surface area contributed by atoms with E-state index in [0.29, 0.717) is 12.6 Å². The highest BCUT2D eigenvalue weighted by Crippen LogP contribution is 2.12. The minimum atomic E-state index is 0.235. The SMILES string of the molecule is CC(CN)N[C@@H](C)c1ccco1. The monoisotopic (exact) mass is 168 g/mol. The van der Waals surface area contributed by atoms with Crippen LogP contribution in [0, 0.1) is 0 Å². The van der Waals surface area contributed by atoms with E-state index in [1.807, 2.05) is 12.1 Å². The Bertz CT molecular complexity index is 208. The van der Waals surface area contributed by atoms with Crippen molar-refractivity contribution < 1.29 is 4.42 Å². The van der Waals surface area contributed by atoms with Gasteiger partial charge in [0.15, 0.2) is 0 Å². The summed E-state index contributed by atoms with van der Waals surface area (Å²) in [5.41, 5.74) is 5.48. The molecular formula is C9H16N2O. The first-order valence-corrected chi connectivity index (χ1v) is 4.23. The molecule has 0 radical (unpaired) electrons. The van der Waals surface area contributed by atoms with Gasteiger partial charge in [-0.15, -0.1) is 0 Å². The van der Waals surface area contributed by atoms with Gasteiger partial charge in [0.1, 0.15) is 5.76 Å². The minimum absolute atomic E-state index is 0.235. The first-order valence-electron chi connectivity index (χ1n) is 4.23. The summed E-state index contributed by atoms with van der Waals surface area (Å²) in [6.07, 6.45) is 1.68. The molecule has 1 aromatic rings. The number of nitrogens with two attached hydrogens (primary N) is 1. The van der Waals surface area contributed by atoms with E-state index in [9.17, 15) is 0 Å². The predicted octanol–water partition coefficient (Wildman–Crippen LogP) is 1.28. The lowest BCUT2D eigenvalue weighted by Gasteiger charge is -2.16. The van der Waals surface area contributed by atoms with Crippen molar-refractivity contribution in [3.05, 3.63) is 24.2 Å². The lowest BCUT2D eigenvalue weighted by atomic mass is 10.2. The van der Waals surface area contributed by atoms with Gasteiger partial charge in [-0.1, -0.05) is 0 Å². The first-order chi connectivity index (χ1) is 5.74. The molecule has 0 aliphatic heterocycles. The van der Waals surface area contributed by atoms with Crippen LogP contribution in [-0.4, -0.2) is 12.6 Å². The molecule has 0 fully saturated rings. The Morgan fingerprint density at radius 1 is 1.58 bits per heavy atom. The van der Waals surface area contributed by atoms with E-state index in [0.717, 1.165) is 5.76 Å². The molecule has 0 aliphatic rings. The second kappa shape index (κ2) is 4.28. The quantitative estimate of drug-likeness (QED) is 0.712. The van der Waals surface area contributed by atoms with Gasteiger partial charge in [0.05, 0.1) is 12.3 Å². The second-order valence-electron chi connectivity index (χ2n) is 3.04. The number of furan rings is 1. The van der Waals surface area contributed by atoms with Crippen molar-refractivity contribution in [1.29, 1.82) is 0 Å². The van der Waals surface area contributed by atoms with E-state index >= 15 is 0 Å². The van der Waals surface area contributed by atoms with Crippen LogP contribution in [0.3, 0.4) is 0 Å². The number of hydrogen-bond donors (Lipinski definition) is 2. The number of hydrogen-bond acceptors (Lipinski definition) is 3. The molecule has 1 heterocycles. The van der Waals surface area contributed by atoms with Crippen molar-refractivity contribution in [3.63, 3.8) is 0 Å². The third kappa shape index (κ3) is 2.36. The fraction of sp³-hybridized carbons (Fsp3) is 0.556. The van der Waals surface area contributed by atoms with Gasteiger partial charge >= 0.3 is 0 Å². The molecule has 2 atom stereocenters. The van der Waals surface area contributed by atoms with Crippen molar-refractivity contribution in [2.24, 2.45) is 5.73 Å². The molecule has 0 amide bonds. The normalized spacial score (nSPS) is 15.9. The second-order valence-corrected chi connectivity index (χ2v) is 3.04. The molecule has 3 nitrogen and oxygen atoms in total. The Kier molecular flexibility index (Phi) is 3.31. The topological polar surface area (TPSA) is 51.2 Å². The molecule has 0 aliphatic carbocycles. The van der Waals surface area contributed by atoms with Crippen molar-refractivity contribution in [2.45, 2.75) is 25.9 Å². The molecular weight excluding hydrogens is 152 g/mol. The number of rotatable bonds is 4. The predicted molar refractivity (Wildman–Crippen MR) is 48.8 cm³/mol. The molecule has 3 N–H and O–H groups in total. The maximum Gasteiger partial charge on any atom is 0.120 e. The van der Waals surface area contributed by atoms with Gasteiger partial charge in [-0.25, -0.2) is 0 Å². The van der Waals surface area contributed by atoms with Gasteiger partial charge in [-0.2, -0.15) is 0 Å². The van der Waals surface area contributed by atoms with Gasteiger partial charge in [0.2, 0.25) is 0 Å². The average molecular weight is 168 g/mol. The summed E-state index contributed by atoms with van der Waals surface area (Å²) in [4.78, 5) is 0. The highest BCUT2D eigenvalue weighted by atomic mass is 16.3. The molecule has 0 saturated heterocycles. The van der Waals surface area contributed by atoms with E-state index in [1.165, 1.54) is 0 Å². The summed E-state index contributed by atoms with van der Waals surface area (Å²) in [6.45, 7) is 4.76. The molecule has 68 valence electrons. The van der Waals surface area contributed by atoms with Crippen molar-refractivity contribution >= 4 is 0 Å². The van der Waals surface area contributed by atoms with Crippen LogP contribution in [0.4, 0.5) is 0 Å². The maximum atomic E-state index is 5.48. The highest BCUT2D eigenvalue weighted by molar-refractivity contribution is 5.03. The molecule has 1 aromatic heterocycles. The summed E-state index contributed by atoms with van der Waals surface area (Å²) in [7, 11) is 0. The van der Waals surface area contributed by atoms with E-state index in [2.05, 4.69) is 19.2 Å².